The topological polar surface area (TPSA) is 59.9 Å². The van der Waals surface area contributed by atoms with Crippen LogP contribution in [0.3, 0.4) is 0 Å². The van der Waals surface area contributed by atoms with Crippen LogP contribution in [0.1, 0.15) is 30.5 Å². The van der Waals surface area contributed by atoms with Crippen molar-refractivity contribution < 1.29 is 14.3 Å². The van der Waals surface area contributed by atoms with Crippen LogP contribution < -0.4 is 14.9 Å². The zero-order valence-corrected chi connectivity index (χ0v) is 19.2. The first-order valence-corrected chi connectivity index (χ1v) is 11.6. The van der Waals surface area contributed by atoms with Crippen LogP contribution >= 0.6 is 11.8 Å². The Labute approximate surface area is 193 Å². The van der Waals surface area contributed by atoms with E-state index in [0.29, 0.717) is 24.7 Å². The van der Waals surface area contributed by atoms with Crippen molar-refractivity contribution in [2.24, 2.45) is 5.10 Å². The predicted octanol–water partition coefficient (Wildman–Crippen LogP) is 5.44. The maximum atomic E-state index is 12.3. The van der Waals surface area contributed by atoms with E-state index in [1.54, 1.807) is 18.0 Å². The average Bonchev–Trinajstić information content (AvgIpc) is 2.83. The van der Waals surface area contributed by atoms with Crippen molar-refractivity contribution in [3.63, 3.8) is 0 Å². The summed E-state index contributed by atoms with van der Waals surface area (Å²) in [5.41, 5.74) is 5.71. The molecule has 3 aromatic rings. The van der Waals surface area contributed by atoms with Gasteiger partial charge in [0, 0.05) is 5.75 Å². The monoisotopic (exact) mass is 448 g/mol. The summed E-state index contributed by atoms with van der Waals surface area (Å²) in [6.45, 7) is 4.79. The number of hydrogen-bond donors (Lipinski definition) is 1. The van der Waals surface area contributed by atoms with Crippen LogP contribution in [0.4, 0.5) is 0 Å². The van der Waals surface area contributed by atoms with Gasteiger partial charge in [-0.2, -0.15) is 5.10 Å². The summed E-state index contributed by atoms with van der Waals surface area (Å²) in [6, 6.07) is 25.7. The molecule has 5 nitrogen and oxygen atoms in total. The van der Waals surface area contributed by atoms with Crippen LogP contribution in [-0.2, 0) is 17.2 Å². The van der Waals surface area contributed by atoms with Gasteiger partial charge in [-0.05, 0) is 48.7 Å². The Morgan fingerprint density at radius 1 is 0.969 bits per heavy atom. The summed E-state index contributed by atoms with van der Waals surface area (Å²) >= 11 is 1.58. The van der Waals surface area contributed by atoms with Gasteiger partial charge in [-0.1, -0.05) is 60.7 Å². The maximum absolute atomic E-state index is 12.3. The molecular formula is C26H28N2O3S. The van der Waals surface area contributed by atoms with Gasteiger partial charge in [0.1, 0.15) is 6.61 Å². The summed E-state index contributed by atoms with van der Waals surface area (Å²) < 4.78 is 11.7. The molecule has 1 atom stereocenters. The molecule has 3 aromatic carbocycles. The Balaban J connectivity index is 1.53. The molecule has 1 amide bonds. The summed E-state index contributed by atoms with van der Waals surface area (Å²) in [4.78, 5) is 12.3. The first-order valence-electron chi connectivity index (χ1n) is 10.6. The van der Waals surface area contributed by atoms with Gasteiger partial charge in [0.05, 0.1) is 18.1 Å². The SMILES string of the molecule is CCOc1cc(C=NNC(=O)[C@H](C)SCc2ccccc2)ccc1OCc1ccccc1. The van der Waals surface area contributed by atoms with Crippen LogP contribution in [-0.4, -0.2) is 24.0 Å². The number of nitrogens with one attached hydrogen (secondary N) is 1. The molecule has 0 aliphatic rings. The number of ether oxygens (including phenoxy) is 2. The molecule has 0 spiro atoms. The van der Waals surface area contributed by atoms with Gasteiger partial charge in [0.2, 0.25) is 0 Å². The van der Waals surface area contributed by atoms with Crippen molar-refractivity contribution in [2.75, 3.05) is 6.61 Å². The lowest BCUT2D eigenvalue weighted by Gasteiger charge is -2.13. The third-order valence-electron chi connectivity index (χ3n) is 4.61. The first-order chi connectivity index (χ1) is 15.7. The highest BCUT2D eigenvalue weighted by molar-refractivity contribution is 7.99. The number of rotatable bonds is 11. The van der Waals surface area contributed by atoms with E-state index < -0.39 is 0 Å². The second-order valence-electron chi connectivity index (χ2n) is 7.09. The van der Waals surface area contributed by atoms with E-state index in [1.807, 2.05) is 80.6 Å². The van der Waals surface area contributed by atoms with Crippen LogP contribution in [0.5, 0.6) is 11.5 Å². The van der Waals surface area contributed by atoms with Gasteiger partial charge in [-0.3, -0.25) is 4.79 Å². The summed E-state index contributed by atoms with van der Waals surface area (Å²) in [7, 11) is 0. The van der Waals surface area contributed by atoms with Gasteiger partial charge in [-0.25, -0.2) is 5.43 Å². The molecule has 0 fully saturated rings. The smallest absolute Gasteiger partial charge is 0.252 e. The molecule has 0 radical (unpaired) electrons. The molecule has 1 N–H and O–H groups in total. The van der Waals surface area contributed by atoms with Crippen LogP contribution in [0.2, 0.25) is 0 Å². The number of carbonyl (C=O) groups excluding carboxylic acids is 1. The standard InChI is InChI=1S/C26H28N2O3S/c1-3-30-25-16-23(14-15-24(25)31-18-21-10-6-4-7-11-21)17-27-28-26(29)20(2)32-19-22-12-8-5-9-13-22/h4-17,20H,3,18-19H2,1-2H3,(H,28,29)/t20-/m0/s1. The fourth-order valence-electron chi connectivity index (χ4n) is 2.86. The van der Waals surface area contributed by atoms with Gasteiger partial charge in [0.25, 0.3) is 5.91 Å². The fourth-order valence-corrected chi connectivity index (χ4v) is 3.70. The molecule has 0 saturated heterocycles. The number of amides is 1. The number of carbonyl (C=O) groups is 1. The Morgan fingerprint density at radius 3 is 2.34 bits per heavy atom. The first kappa shape index (κ1) is 23.4. The Bertz CT molecular complexity index is 1010. The van der Waals surface area contributed by atoms with Gasteiger partial charge >= 0.3 is 0 Å². The molecule has 32 heavy (non-hydrogen) atoms. The number of thioether (sulfide) groups is 1. The number of hydrogen-bond acceptors (Lipinski definition) is 5. The largest absolute Gasteiger partial charge is 0.490 e. The fraction of sp³-hybridized carbons (Fsp3) is 0.231. The molecule has 0 aliphatic carbocycles. The van der Waals surface area contributed by atoms with E-state index in [0.717, 1.165) is 16.9 Å². The van der Waals surface area contributed by atoms with Gasteiger partial charge < -0.3 is 9.47 Å². The van der Waals surface area contributed by atoms with E-state index in [-0.39, 0.29) is 11.2 Å². The minimum absolute atomic E-state index is 0.130. The van der Waals surface area contributed by atoms with E-state index >= 15 is 0 Å². The molecule has 0 saturated carbocycles. The van der Waals surface area contributed by atoms with Crippen LogP contribution in [0, 0.1) is 0 Å². The van der Waals surface area contributed by atoms with Crippen LogP contribution in [0.15, 0.2) is 84.0 Å². The minimum Gasteiger partial charge on any atom is -0.490 e. The lowest BCUT2D eigenvalue weighted by Crippen LogP contribution is -2.27. The van der Waals surface area contributed by atoms with Crippen molar-refractivity contribution in [3.05, 3.63) is 95.6 Å². The highest BCUT2D eigenvalue weighted by atomic mass is 32.2. The van der Waals surface area contributed by atoms with Crippen molar-refractivity contribution in [2.45, 2.75) is 31.5 Å². The third-order valence-corrected chi connectivity index (χ3v) is 5.82. The third kappa shape index (κ3) is 7.46. The van der Waals surface area contributed by atoms with Crippen molar-refractivity contribution in [3.8, 4) is 11.5 Å². The minimum atomic E-state index is -0.208. The quantitative estimate of drug-likeness (QED) is 0.314. The zero-order valence-electron chi connectivity index (χ0n) is 18.4. The van der Waals surface area contributed by atoms with E-state index in [1.165, 1.54) is 5.56 Å². The molecule has 3 rings (SSSR count). The van der Waals surface area contributed by atoms with Crippen molar-refractivity contribution >= 4 is 23.9 Å². The Hall–Kier alpha value is -3.25. The summed E-state index contributed by atoms with van der Waals surface area (Å²) in [5.74, 6) is 1.96. The van der Waals surface area contributed by atoms with E-state index in [4.69, 9.17) is 9.47 Å². The molecular weight excluding hydrogens is 420 g/mol. The molecule has 0 aliphatic heterocycles. The second-order valence-corrected chi connectivity index (χ2v) is 8.42. The highest BCUT2D eigenvalue weighted by Crippen LogP contribution is 2.29. The predicted molar refractivity (Wildman–Crippen MR) is 131 cm³/mol. The summed E-state index contributed by atoms with van der Waals surface area (Å²) in [5, 5.41) is 3.90. The van der Waals surface area contributed by atoms with E-state index in [2.05, 4.69) is 22.7 Å². The molecule has 0 bridgehead atoms. The maximum Gasteiger partial charge on any atom is 0.252 e. The normalized spacial score (nSPS) is 11.8. The van der Waals surface area contributed by atoms with Gasteiger partial charge in [0.15, 0.2) is 11.5 Å². The van der Waals surface area contributed by atoms with Crippen molar-refractivity contribution in [1.29, 1.82) is 0 Å². The van der Waals surface area contributed by atoms with Crippen LogP contribution in [0.25, 0.3) is 0 Å². The molecule has 0 heterocycles. The molecule has 6 heteroatoms. The zero-order chi connectivity index (χ0) is 22.6. The van der Waals surface area contributed by atoms with Crippen molar-refractivity contribution in [1.82, 2.24) is 5.43 Å². The number of nitrogens with zero attached hydrogens (tertiary/aromatic N) is 1. The lowest BCUT2D eigenvalue weighted by molar-refractivity contribution is -0.120. The number of benzene rings is 3. The second kappa shape index (κ2) is 12.6. The Morgan fingerprint density at radius 2 is 1.66 bits per heavy atom. The number of hydrazone groups is 1. The molecule has 166 valence electrons. The highest BCUT2D eigenvalue weighted by Gasteiger charge is 2.12. The Kier molecular flexibility index (Phi) is 9.20. The van der Waals surface area contributed by atoms with Gasteiger partial charge in [-0.15, -0.1) is 11.8 Å². The average molecular weight is 449 g/mol. The molecule has 0 unspecified atom stereocenters. The summed E-state index contributed by atoms with van der Waals surface area (Å²) in [6.07, 6.45) is 1.61. The lowest BCUT2D eigenvalue weighted by atomic mass is 10.2. The van der Waals surface area contributed by atoms with E-state index in [9.17, 15) is 4.79 Å². The molecule has 0 aromatic heterocycles.